The summed E-state index contributed by atoms with van der Waals surface area (Å²) < 4.78 is 5.01. The predicted octanol–water partition coefficient (Wildman–Crippen LogP) is 2.55. The largest absolute Gasteiger partial charge is 0.465 e. The second-order valence-electron chi connectivity index (χ2n) is 6.68. The molecule has 2 aromatic rings. The van der Waals surface area contributed by atoms with E-state index in [-0.39, 0.29) is 23.3 Å². The number of hydrogen-bond acceptors (Lipinski definition) is 6. The van der Waals surface area contributed by atoms with E-state index < -0.39 is 40.8 Å². The third-order valence-electron chi connectivity index (χ3n) is 5.10. The van der Waals surface area contributed by atoms with Gasteiger partial charge in [-0.25, -0.2) is 0 Å². The van der Waals surface area contributed by atoms with Gasteiger partial charge < -0.3 is 9.84 Å². The number of aliphatic hydroxyl groups excluding tert-OH is 1. The molecule has 2 aromatic carbocycles. The van der Waals surface area contributed by atoms with Crippen LogP contribution >= 0.6 is 0 Å². The molecule has 0 aliphatic heterocycles. The molecule has 0 spiro atoms. The van der Waals surface area contributed by atoms with Gasteiger partial charge in [-0.1, -0.05) is 54.6 Å². The van der Waals surface area contributed by atoms with Crippen molar-refractivity contribution in [3.05, 3.63) is 71.3 Å². The van der Waals surface area contributed by atoms with Crippen molar-refractivity contribution in [3.8, 4) is 0 Å². The molecule has 28 heavy (non-hydrogen) atoms. The van der Waals surface area contributed by atoms with Crippen molar-refractivity contribution in [2.75, 3.05) is 6.61 Å². The number of esters is 1. The molecule has 0 saturated carbocycles. The van der Waals surface area contributed by atoms with Crippen LogP contribution in [0.15, 0.2) is 54.6 Å². The summed E-state index contributed by atoms with van der Waals surface area (Å²) in [5.41, 5.74) is -1.88. The van der Waals surface area contributed by atoms with Crippen LogP contribution in [0.25, 0.3) is 0 Å². The lowest BCUT2D eigenvalue weighted by Crippen LogP contribution is -2.52. The van der Waals surface area contributed by atoms with E-state index in [9.17, 15) is 24.3 Å². The summed E-state index contributed by atoms with van der Waals surface area (Å²) in [5, 5.41) is 11.2. The monoisotopic (exact) mass is 380 g/mol. The Morgan fingerprint density at radius 2 is 1.46 bits per heavy atom. The van der Waals surface area contributed by atoms with Gasteiger partial charge in [0.1, 0.15) is 23.2 Å². The molecule has 0 heterocycles. The smallest absolute Gasteiger partial charge is 0.318 e. The average Bonchev–Trinajstić information content (AvgIpc) is 2.91. The van der Waals surface area contributed by atoms with Gasteiger partial charge in [-0.15, -0.1) is 0 Å². The first kappa shape index (κ1) is 19.6. The maximum absolute atomic E-state index is 13.5. The van der Waals surface area contributed by atoms with Gasteiger partial charge in [-0.05, 0) is 19.4 Å². The van der Waals surface area contributed by atoms with Gasteiger partial charge in [0.05, 0.1) is 6.61 Å². The number of carbonyl (C=O) groups excluding carboxylic acids is 4. The number of hydrogen-bond donors (Lipinski definition) is 1. The van der Waals surface area contributed by atoms with Gasteiger partial charge in [0, 0.05) is 11.1 Å². The molecule has 0 saturated heterocycles. The van der Waals surface area contributed by atoms with E-state index >= 15 is 0 Å². The normalized spacial score (nSPS) is 17.0. The van der Waals surface area contributed by atoms with Crippen LogP contribution in [-0.2, 0) is 14.3 Å². The Balaban J connectivity index is 2.30. The Labute approximate surface area is 162 Å². The van der Waals surface area contributed by atoms with Gasteiger partial charge in [0.25, 0.3) is 0 Å². The van der Waals surface area contributed by atoms with Crippen molar-refractivity contribution in [1.82, 2.24) is 0 Å². The minimum atomic E-state index is -2.30. The van der Waals surface area contributed by atoms with Crippen molar-refractivity contribution in [3.63, 3.8) is 0 Å². The van der Waals surface area contributed by atoms with Crippen LogP contribution in [0, 0.1) is 11.3 Å². The summed E-state index contributed by atoms with van der Waals surface area (Å²) in [6, 6.07) is 14.1. The lowest BCUT2D eigenvalue weighted by molar-refractivity contribution is -0.157. The third kappa shape index (κ3) is 2.77. The minimum Gasteiger partial charge on any atom is -0.465 e. The first-order valence-electron chi connectivity index (χ1n) is 8.96. The van der Waals surface area contributed by atoms with Crippen LogP contribution in [0.4, 0.5) is 0 Å². The van der Waals surface area contributed by atoms with Crippen LogP contribution in [0.3, 0.4) is 0 Å². The lowest BCUT2D eigenvalue weighted by Gasteiger charge is -2.36. The molecule has 2 atom stereocenters. The number of aliphatic hydroxyl groups is 1. The molecular weight excluding hydrogens is 360 g/mol. The van der Waals surface area contributed by atoms with Crippen molar-refractivity contribution >= 4 is 23.3 Å². The van der Waals surface area contributed by atoms with Crippen LogP contribution in [0.2, 0.25) is 0 Å². The van der Waals surface area contributed by atoms with Gasteiger partial charge in [0.2, 0.25) is 0 Å². The average molecular weight is 380 g/mol. The standard InChI is InChI=1S/C22H20O6/c1-3-28-21(27)17(13(2)23)22(18(24)14-9-5-4-6-10-14)19(25)15-11-7-8-12-16(15)20(22)26/h4-12,17-18,24H,3H2,1-2H3. The molecule has 0 radical (unpaired) electrons. The summed E-state index contributed by atoms with van der Waals surface area (Å²) in [5.74, 6) is -4.98. The van der Waals surface area contributed by atoms with Gasteiger partial charge in [-0.3, -0.25) is 19.2 Å². The highest BCUT2D eigenvalue weighted by atomic mass is 16.5. The van der Waals surface area contributed by atoms with Gasteiger partial charge in [-0.2, -0.15) is 0 Å². The van der Waals surface area contributed by atoms with E-state index in [4.69, 9.17) is 4.74 Å². The number of benzene rings is 2. The minimum absolute atomic E-state index is 0.0323. The zero-order valence-electron chi connectivity index (χ0n) is 15.5. The highest BCUT2D eigenvalue weighted by Gasteiger charge is 2.66. The van der Waals surface area contributed by atoms with E-state index in [1.54, 1.807) is 37.3 Å². The number of Topliss-reactive ketones (excluding diaryl/α,β-unsaturated/α-hetero) is 3. The van der Waals surface area contributed by atoms with Gasteiger partial charge in [0.15, 0.2) is 11.6 Å². The maximum Gasteiger partial charge on any atom is 0.318 e. The fraction of sp³-hybridized carbons (Fsp3) is 0.273. The second kappa shape index (κ2) is 7.48. The molecule has 144 valence electrons. The number of ketones is 3. The molecule has 0 bridgehead atoms. The third-order valence-corrected chi connectivity index (χ3v) is 5.10. The summed E-state index contributed by atoms with van der Waals surface area (Å²) in [4.78, 5) is 52.1. The van der Waals surface area contributed by atoms with Crippen molar-refractivity contribution in [2.24, 2.45) is 11.3 Å². The Bertz CT molecular complexity index is 912. The number of carbonyl (C=O) groups is 4. The van der Waals surface area contributed by atoms with E-state index in [2.05, 4.69) is 0 Å². The van der Waals surface area contributed by atoms with Crippen molar-refractivity contribution in [2.45, 2.75) is 20.0 Å². The van der Waals surface area contributed by atoms with Crippen LogP contribution < -0.4 is 0 Å². The molecule has 2 unspecified atom stereocenters. The number of rotatable bonds is 6. The van der Waals surface area contributed by atoms with E-state index in [0.29, 0.717) is 0 Å². The summed E-state index contributed by atoms with van der Waals surface area (Å²) in [7, 11) is 0. The SMILES string of the molecule is CCOC(=O)C(C(C)=O)C1(C(O)c2ccccc2)C(=O)c2ccccc2C1=O. The second-order valence-corrected chi connectivity index (χ2v) is 6.68. The highest BCUT2D eigenvalue weighted by Crippen LogP contribution is 2.51. The fourth-order valence-corrected chi connectivity index (χ4v) is 3.89. The Hall–Kier alpha value is -3.12. The Kier molecular flexibility index (Phi) is 5.25. The summed E-state index contributed by atoms with van der Waals surface area (Å²) in [6.45, 7) is 2.64. The molecule has 0 amide bonds. The fourth-order valence-electron chi connectivity index (χ4n) is 3.89. The lowest BCUT2D eigenvalue weighted by atomic mass is 9.64. The first-order chi connectivity index (χ1) is 13.4. The molecule has 1 aliphatic carbocycles. The molecule has 0 aromatic heterocycles. The number of ether oxygens (including phenoxy) is 1. The first-order valence-corrected chi connectivity index (χ1v) is 8.96. The van der Waals surface area contributed by atoms with Crippen LogP contribution in [0.5, 0.6) is 0 Å². The summed E-state index contributed by atoms with van der Waals surface area (Å²) in [6.07, 6.45) is -1.69. The summed E-state index contributed by atoms with van der Waals surface area (Å²) >= 11 is 0. The maximum atomic E-state index is 13.5. The molecule has 6 heteroatoms. The quantitative estimate of drug-likeness (QED) is 0.611. The molecule has 6 nitrogen and oxygen atoms in total. The van der Waals surface area contributed by atoms with Crippen molar-refractivity contribution in [1.29, 1.82) is 0 Å². The van der Waals surface area contributed by atoms with E-state index in [1.165, 1.54) is 24.3 Å². The predicted molar refractivity (Wildman–Crippen MR) is 99.7 cm³/mol. The molecule has 1 N–H and O–H groups in total. The topological polar surface area (TPSA) is 97.7 Å². The molecule has 3 rings (SSSR count). The molecule has 0 fully saturated rings. The van der Waals surface area contributed by atoms with Crippen LogP contribution in [0.1, 0.15) is 46.2 Å². The van der Waals surface area contributed by atoms with Crippen molar-refractivity contribution < 1.29 is 29.0 Å². The number of fused-ring (bicyclic) bond motifs is 1. The van der Waals surface area contributed by atoms with Gasteiger partial charge >= 0.3 is 5.97 Å². The molecular formula is C22H20O6. The van der Waals surface area contributed by atoms with E-state index in [1.807, 2.05) is 0 Å². The highest BCUT2D eigenvalue weighted by molar-refractivity contribution is 6.33. The zero-order chi connectivity index (χ0) is 20.5. The Morgan fingerprint density at radius 1 is 0.964 bits per heavy atom. The van der Waals surface area contributed by atoms with Crippen LogP contribution in [-0.4, -0.2) is 35.0 Å². The Morgan fingerprint density at radius 3 is 1.93 bits per heavy atom. The molecule has 1 aliphatic rings. The van der Waals surface area contributed by atoms with E-state index in [0.717, 1.165) is 6.92 Å². The zero-order valence-corrected chi connectivity index (χ0v) is 15.5.